The average molecular weight is 229 g/mol. The van der Waals surface area contributed by atoms with Gasteiger partial charge in [0.15, 0.2) is 0 Å². The number of rotatable bonds is 7. The van der Waals surface area contributed by atoms with Crippen molar-refractivity contribution in [1.82, 2.24) is 5.32 Å². The number of hydrogen-bond donors (Lipinski definition) is 1. The van der Waals surface area contributed by atoms with Gasteiger partial charge in [-0.25, -0.2) is 0 Å². The number of terminal acetylenes is 1. The largest absolute Gasteiger partial charge is 0.310 e. The fraction of sp³-hybridized carbons (Fsp3) is 0.500. The Hall–Kier alpha value is -1.26. The van der Waals surface area contributed by atoms with Gasteiger partial charge in [-0.1, -0.05) is 44.2 Å². The second kappa shape index (κ2) is 7.92. The van der Waals surface area contributed by atoms with Crippen molar-refractivity contribution in [3.8, 4) is 12.3 Å². The van der Waals surface area contributed by atoms with E-state index in [-0.39, 0.29) is 0 Å². The van der Waals surface area contributed by atoms with Crippen LogP contribution in [0.5, 0.6) is 0 Å². The first-order chi connectivity index (χ1) is 8.24. The summed E-state index contributed by atoms with van der Waals surface area (Å²) in [5.74, 6) is 3.38. The van der Waals surface area contributed by atoms with Crippen molar-refractivity contribution in [3.63, 3.8) is 0 Å². The van der Waals surface area contributed by atoms with Crippen molar-refractivity contribution in [1.29, 1.82) is 0 Å². The highest BCUT2D eigenvalue weighted by Crippen LogP contribution is 2.20. The van der Waals surface area contributed by atoms with Crippen molar-refractivity contribution < 1.29 is 0 Å². The van der Waals surface area contributed by atoms with Crippen LogP contribution in [0.3, 0.4) is 0 Å². The van der Waals surface area contributed by atoms with Gasteiger partial charge in [0.25, 0.3) is 0 Å². The Bertz CT molecular complexity index is 334. The monoisotopic (exact) mass is 229 g/mol. The lowest BCUT2D eigenvalue weighted by molar-refractivity contribution is 0.428. The van der Waals surface area contributed by atoms with E-state index in [9.17, 15) is 0 Å². The van der Waals surface area contributed by atoms with E-state index in [1.165, 1.54) is 12.0 Å². The molecule has 1 unspecified atom stereocenters. The van der Waals surface area contributed by atoms with Crippen molar-refractivity contribution in [2.75, 3.05) is 6.54 Å². The van der Waals surface area contributed by atoms with Gasteiger partial charge >= 0.3 is 0 Å². The maximum Gasteiger partial charge on any atom is 0.0322 e. The molecule has 1 aromatic carbocycles. The minimum Gasteiger partial charge on any atom is -0.310 e. The molecule has 0 aromatic heterocycles. The van der Waals surface area contributed by atoms with E-state index in [1.807, 2.05) is 0 Å². The highest BCUT2D eigenvalue weighted by molar-refractivity contribution is 5.18. The summed E-state index contributed by atoms with van der Waals surface area (Å²) in [7, 11) is 0. The summed E-state index contributed by atoms with van der Waals surface area (Å²) in [6, 6.07) is 11.1. The van der Waals surface area contributed by atoms with E-state index in [0.717, 1.165) is 19.4 Å². The maximum absolute atomic E-state index is 5.26. The van der Waals surface area contributed by atoms with Crippen LogP contribution in [-0.2, 0) is 0 Å². The van der Waals surface area contributed by atoms with E-state index in [2.05, 4.69) is 55.4 Å². The van der Waals surface area contributed by atoms with E-state index >= 15 is 0 Å². The normalized spacial score (nSPS) is 12.4. The molecule has 0 radical (unpaired) electrons. The third-order valence-corrected chi connectivity index (χ3v) is 2.80. The van der Waals surface area contributed by atoms with Gasteiger partial charge in [0, 0.05) is 12.5 Å². The van der Waals surface area contributed by atoms with Crippen LogP contribution in [0.15, 0.2) is 30.3 Å². The van der Waals surface area contributed by atoms with E-state index in [4.69, 9.17) is 6.42 Å². The molecule has 0 fully saturated rings. The van der Waals surface area contributed by atoms with Crippen molar-refractivity contribution >= 4 is 0 Å². The highest BCUT2D eigenvalue weighted by atomic mass is 14.9. The molecule has 92 valence electrons. The van der Waals surface area contributed by atoms with Crippen LogP contribution in [0.25, 0.3) is 0 Å². The van der Waals surface area contributed by atoms with Crippen LogP contribution in [0.1, 0.15) is 44.7 Å². The Labute approximate surface area is 106 Å². The predicted molar refractivity (Wildman–Crippen MR) is 74.7 cm³/mol. The quantitative estimate of drug-likeness (QED) is 0.554. The Morgan fingerprint density at radius 3 is 2.53 bits per heavy atom. The molecule has 0 saturated carbocycles. The van der Waals surface area contributed by atoms with Crippen LogP contribution in [0.2, 0.25) is 0 Å². The lowest BCUT2D eigenvalue weighted by Gasteiger charge is -2.21. The fourth-order valence-electron chi connectivity index (χ4n) is 1.96. The summed E-state index contributed by atoms with van der Waals surface area (Å²) in [5, 5.41) is 3.61. The molecule has 0 bridgehead atoms. The zero-order valence-corrected chi connectivity index (χ0v) is 10.9. The van der Waals surface area contributed by atoms with Crippen LogP contribution in [-0.4, -0.2) is 6.54 Å². The molecule has 0 heterocycles. The summed E-state index contributed by atoms with van der Waals surface area (Å²) in [5.41, 5.74) is 1.38. The first-order valence-corrected chi connectivity index (χ1v) is 6.46. The van der Waals surface area contributed by atoms with Crippen LogP contribution in [0, 0.1) is 18.3 Å². The Kier molecular flexibility index (Phi) is 6.43. The van der Waals surface area contributed by atoms with Gasteiger partial charge in [-0.15, -0.1) is 12.3 Å². The SMILES string of the molecule is C#CCCCNC(CC(C)C)c1ccccc1. The molecular formula is C16H23N. The summed E-state index contributed by atoms with van der Waals surface area (Å²) in [6.45, 7) is 5.52. The lowest BCUT2D eigenvalue weighted by atomic mass is 9.97. The average Bonchev–Trinajstić information content (AvgIpc) is 2.34. The molecule has 1 nitrogen and oxygen atoms in total. The standard InChI is InChI=1S/C16H23N/c1-4-5-9-12-17-16(13-14(2)3)15-10-7-6-8-11-15/h1,6-8,10-11,14,16-17H,5,9,12-13H2,2-3H3. The third-order valence-electron chi connectivity index (χ3n) is 2.80. The van der Waals surface area contributed by atoms with Crippen LogP contribution >= 0.6 is 0 Å². The number of hydrogen-bond acceptors (Lipinski definition) is 1. The molecule has 0 saturated heterocycles. The van der Waals surface area contributed by atoms with Gasteiger partial charge < -0.3 is 5.32 Å². The fourth-order valence-corrected chi connectivity index (χ4v) is 1.96. The third kappa shape index (κ3) is 5.56. The van der Waals surface area contributed by atoms with E-state index in [1.54, 1.807) is 0 Å². The van der Waals surface area contributed by atoms with Gasteiger partial charge in [0.1, 0.15) is 0 Å². The van der Waals surface area contributed by atoms with Crippen molar-refractivity contribution in [3.05, 3.63) is 35.9 Å². The molecule has 0 aliphatic rings. The molecule has 1 rings (SSSR count). The van der Waals surface area contributed by atoms with Gasteiger partial charge in [0.2, 0.25) is 0 Å². The number of unbranched alkanes of at least 4 members (excludes halogenated alkanes) is 1. The summed E-state index contributed by atoms with van der Waals surface area (Å²) >= 11 is 0. The second-order valence-corrected chi connectivity index (χ2v) is 4.85. The van der Waals surface area contributed by atoms with Gasteiger partial charge in [-0.3, -0.25) is 0 Å². The minimum atomic E-state index is 0.453. The first-order valence-electron chi connectivity index (χ1n) is 6.46. The Morgan fingerprint density at radius 2 is 1.94 bits per heavy atom. The van der Waals surface area contributed by atoms with Gasteiger partial charge in [-0.05, 0) is 30.9 Å². The van der Waals surface area contributed by atoms with Crippen molar-refractivity contribution in [2.45, 2.75) is 39.2 Å². The van der Waals surface area contributed by atoms with Crippen LogP contribution < -0.4 is 5.32 Å². The highest BCUT2D eigenvalue weighted by Gasteiger charge is 2.11. The zero-order valence-electron chi connectivity index (χ0n) is 10.9. The van der Waals surface area contributed by atoms with Crippen molar-refractivity contribution in [2.24, 2.45) is 5.92 Å². The molecule has 0 amide bonds. The Balaban J connectivity index is 2.52. The smallest absolute Gasteiger partial charge is 0.0322 e. The molecule has 1 N–H and O–H groups in total. The van der Waals surface area contributed by atoms with Crippen LogP contribution in [0.4, 0.5) is 0 Å². The summed E-state index contributed by atoms with van der Waals surface area (Å²) in [6.07, 6.45) is 8.34. The van der Waals surface area contributed by atoms with E-state index in [0.29, 0.717) is 12.0 Å². The molecule has 0 spiro atoms. The maximum atomic E-state index is 5.26. The summed E-state index contributed by atoms with van der Waals surface area (Å²) < 4.78 is 0. The molecule has 17 heavy (non-hydrogen) atoms. The molecule has 1 atom stereocenters. The number of nitrogens with one attached hydrogen (secondary N) is 1. The molecule has 1 aromatic rings. The second-order valence-electron chi connectivity index (χ2n) is 4.85. The number of benzene rings is 1. The molecular weight excluding hydrogens is 206 g/mol. The molecule has 0 aliphatic carbocycles. The molecule has 1 heteroatoms. The molecule has 0 aliphatic heterocycles. The van der Waals surface area contributed by atoms with Gasteiger partial charge in [-0.2, -0.15) is 0 Å². The van der Waals surface area contributed by atoms with Gasteiger partial charge in [0.05, 0.1) is 0 Å². The Morgan fingerprint density at radius 1 is 1.24 bits per heavy atom. The predicted octanol–water partition coefficient (Wildman–Crippen LogP) is 3.78. The van der Waals surface area contributed by atoms with E-state index < -0.39 is 0 Å². The lowest BCUT2D eigenvalue weighted by Crippen LogP contribution is -2.23. The topological polar surface area (TPSA) is 12.0 Å². The minimum absolute atomic E-state index is 0.453. The first kappa shape index (κ1) is 13.8. The summed E-state index contributed by atoms with van der Waals surface area (Å²) in [4.78, 5) is 0. The zero-order chi connectivity index (χ0) is 12.5.